The fourth-order valence-corrected chi connectivity index (χ4v) is 4.28. The molecule has 1 amide bonds. The molecule has 0 radical (unpaired) electrons. The first kappa shape index (κ1) is 17.8. The van der Waals surface area contributed by atoms with E-state index in [4.69, 9.17) is 4.74 Å². The number of amides is 1. The summed E-state index contributed by atoms with van der Waals surface area (Å²) in [6.07, 6.45) is 0. The number of hydrogen-bond acceptors (Lipinski definition) is 4. The predicted molar refractivity (Wildman–Crippen MR) is 78.0 cm³/mol. The van der Waals surface area contributed by atoms with Gasteiger partial charge in [0.25, 0.3) is 0 Å². The van der Waals surface area contributed by atoms with Crippen molar-refractivity contribution < 1.29 is 26.7 Å². The van der Waals surface area contributed by atoms with Crippen LogP contribution in [0.3, 0.4) is 0 Å². The van der Waals surface area contributed by atoms with Gasteiger partial charge in [-0.25, -0.2) is 17.2 Å². The van der Waals surface area contributed by atoms with Crippen LogP contribution in [0.1, 0.15) is 0 Å². The largest absolute Gasteiger partial charge is 0.384 e. The highest BCUT2D eigenvalue weighted by Crippen LogP contribution is 2.30. The van der Waals surface area contributed by atoms with Crippen LogP contribution in [0.25, 0.3) is 0 Å². The minimum absolute atomic E-state index is 0.0328. The zero-order valence-electron chi connectivity index (χ0n) is 12.8. The molecule has 9 heteroatoms. The number of nitrogens with one attached hydrogen (secondary N) is 1. The molecule has 1 N–H and O–H groups in total. The van der Waals surface area contributed by atoms with E-state index in [-0.39, 0.29) is 31.5 Å². The molecule has 0 bridgehead atoms. The van der Waals surface area contributed by atoms with Crippen LogP contribution < -0.4 is 5.32 Å². The summed E-state index contributed by atoms with van der Waals surface area (Å²) < 4.78 is 58.0. The van der Waals surface area contributed by atoms with Gasteiger partial charge in [0.15, 0.2) is 0 Å². The second kappa shape index (κ2) is 6.90. The molecular weight excluding hydrogens is 330 g/mol. The minimum Gasteiger partial charge on any atom is -0.384 e. The molecule has 6 nitrogen and oxygen atoms in total. The number of sulfonamides is 1. The van der Waals surface area contributed by atoms with E-state index in [0.29, 0.717) is 6.07 Å². The minimum atomic E-state index is -4.16. The summed E-state index contributed by atoms with van der Waals surface area (Å²) in [5, 5.41) is 2.49. The Labute approximate surface area is 133 Å². The molecule has 1 aromatic carbocycles. The number of ether oxygens (including phenoxy) is 1. The van der Waals surface area contributed by atoms with E-state index in [1.165, 1.54) is 14.2 Å². The lowest BCUT2D eigenvalue weighted by Crippen LogP contribution is -2.34. The summed E-state index contributed by atoms with van der Waals surface area (Å²) in [5.41, 5.74) is 0. The Balaban J connectivity index is 2.32. The van der Waals surface area contributed by atoms with Crippen molar-refractivity contribution in [2.24, 2.45) is 11.8 Å². The average Bonchev–Trinajstić information content (AvgIpc) is 2.91. The molecule has 0 aromatic heterocycles. The van der Waals surface area contributed by atoms with Gasteiger partial charge in [0.05, 0.1) is 12.5 Å². The van der Waals surface area contributed by atoms with Crippen molar-refractivity contribution in [3.8, 4) is 0 Å². The summed E-state index contributed by atoms with van der Waals surface area (Å²) in [7, 11) is -1.24. The van der Waals surface area contributed by atoms with Crippen molar-refractivity contribution >= 4 is 15.9 Å². The first-order chi connectivity index (χ1) is 10.8. The van der Waals surface area contributed by atoms with Crippen LogP contribution in [-0.4, -0.2) is 52.5 Å². The number of hydrogen-bond donors (Lipinski definition) is 1. The van der Waals surface area contributed by atoms with E-state index in [0.717, 1.165) is 16.4 Å². The van der Waals surface area contributed by atoms with Crippen molar-refractivity contribution in [1.29, 1.82) is 0 Å². The number of benzene rings is 1. The third-order valence-corrected chi connectivity index (χ3v) is 5.75. The highest BCUT2D eigenvalue weighted by molar-refractivity contribution is 7.89. The number of halogens is 2. The average molecular weight is 348 g/mol. The zero-order valence-corrected chi connectivity index (χ0v) is 13.6. The van der Waals surface area contributed by atoms with Crippen LogP contribution in [-0.2, 0) is 19.6 Å². The number of carbonyl (C=O) groups is 1. The maximum atomic E-state index is 13.8. The quantitative estimate of drug-likeness (QED) is 0.845. The summed E-state index contributed by atoms with van der Waals surface area (Å²) in [5.74, 6) is -3.24. The predicted octanol–water partition coefficient (Wildman–Crippen LogP) is 0.594. The maximum absolute atomic E-state index is 13.8. The molecule has 0 spiro atoms. The molecule has 23 heavy (non-hydrogen) atoms. The maximum Gasteiger partial charge on any atom is 0.246 e. The monoisotopic (exact) mass is 348 g/mol. The van der Waals surface area contributed by atoms with E-state index >= 15 is 0 Å². The molecule has 1 saturated heterocycles. The molecule has 2 atom stereocenters. The first-order valence-corrected chi connectivity index (χ1v) is 8.41. The van der Waals surface area contributed by atoms with Crippen molar-refractivity contribution in [2.45, 2.75) is 4.90 Å². The molecule has 1 aromatic rings. The second-order valence-corrected chi connectivity index (χ2v) is 7.24. The number of rotatable bonds is 5. The summed E-state index contributed by atoms with van der Waals surface area (Å²) >= 11 is 0. The van der Waals surface area contributed by atoms with Gasteiger partial charge in [0, 0.05) is 39.2 Å². The number of carbonyl (C=O) groups excluding carboxylic acids is 1. The molecule has 0 unspecified atom stereocenters. The van der Waals surface area contributed by atoms with Gasteiger partial charge in [-0.05, 0) is 12.1 Å². The van der Waals surface area contributed by atoms with E-state index in [2.05, 4.69) is 5.32 Å². The molecule has 1 fully saturated rings. The van der Waals surface area contributed by atoms with E-state index in [1.54, 1.807) is 0 Å². The van der Waals surface area contributed by atoms with Gasteiger partial charge in [-0.3, -0.25) is 4.79 Å². The van der Waals surface area contributed by atoms with Crippen molar-refractivity contribution in [3.63, 3.8) is 0 Å². The Morgan fingerprint density at radius 2 is 2.09 bits per heavy atom. The lowest BCUT2D eigenvalue weighted by atomic mass is 9.96. The van der Waals surface area contributed by atoms with Gasteiger partial charge < -0.3 is 10.1 Å². The van der Waals surface area contributed by atoms with Gasteiger partial charge in [0.2, 0.25) is 15.9 Å². The van der Waals surface area contributed by atoms with Crippen molar-refractivity contribution in [1.82, 2.24) is 9.62 Å². The van der Waals surface area contributed by atoms with Crippen LogP contribution in [0.2, 0.25) is 0 Å². The van der Waals surface area contributed by atoms with Gasteiger partial charge in [0.1, 0.15) is 16.5 Å². The molecular formula is C14H18F2N2O4S. The van der Waals surface area contributed by atoms with Crippen molar-refractivity contribution in [2.75, 3.05) is 33.9 Å². The van der Waals surface area contributed by atoms with Crippen LogP contribution >= 0.6 is 0 Å². The first-order valence-electron chi connectivity index (χ1n) is 6.97. The molecule has 1 aliphatic heterocycles. The van der Waals surface area contributed by atoms with Crippen LogP contribution in [0.15, 0.2) is 23.1 Å². The fourth-order valence-electron chi connectivity index (χ4n) is 2.72. The Morgan fingerprint density at radius 1 is 1.39 bits per heavy atom. The molecule has 1 heterocycles. The van der Waals surface area contributed by atoms with Crippen LogP contribution in [0, 0.1) is 23.5 Å². The van der Waals surface area contributed by atoms with Gasteiger partial charge >= 0.3 is 0 Å². The third kappa shape index (κ3) is 3.51. The SMILES string of the molecule is CNC(=O)[C@@H]1CN(S(=O)(=O)c2ccc(F)cc2F)C[C@H]1COC. The Hall–Kier alpha value is -1.58. The van der Waals surface area contributed by atoms with E-state index in [1.807, 2.05) is 0 Å². The number of nitrogens with zero attached hydrogens (tertiary/aromatic N) is 1. The van der Waals surface area contributed by atoms with Gasteiger partial charge in [-0.2, -0.15) is 4.31 Å². The standard InChI is InChI=1S/C14H18F2N2O4S/c1-17-14(19)11-7-18(6-9(11)8-22-2)23(20,21)13-4-3-10(15)5-12(13)16/h3-5,9,11H,6-8H2,1-2H3,(H,17,19)/t9-,11+/m0/s1. The molecule has 0 saturated carbocycles. The highest BCUT2D eigenvalue weighted by atomic mass is 32.2. The molecule has 2 rings (SSSR count). The lowest BCUT2D eigenvalue weighted by Gasteiger charge is -2.16. The lowest BCUT2D eigenvalue weighted by molar-refractivity contribution is -0.125. The molecule has 1 aliphatic rings. The third-order valence-electron chi connectivity index (χ3n) is 3.88. The Morgan fingerprint density at radius 3 is 2.65 bits per heavy atom. The van der Waals surface area contributed by atoms with E-state index < -0.39 is 32.5 Å². The van der Waals surface area contributed by atoms with Gasteiger partial charge in [-0.1, -0.05) is 0 Å². The smallest absolute Gasteiger partial charge is 0.246 e. The van der Waals surface area contributed by atoms with Crippen LogP contribution in [0.5, 0.6) is 0 Å². The summed E-state index contributed by atoms with van der Waals surface area (Å²) in [6.45, 7) is 0.161. The fraction of sp³-hybridized carbons (Fsp3) is 0.500. The molecule has 0 aliphatic carbocycles. The molecule has 128 valence electrons. The topological polar surface area (TPSA) is 75.7 Å². The highest BCUT2D eigenvalue weighted by Gasteiger charge is 2.43. The summed E-state index contributed by atoms with van der Waals surface area (Å²) in [4.78, 5) is 11.3. The Bertz CT molecular complexity index is 696. The normalized spacial score (nSPS) is 22.3. The summed E-state index contributed by atoms with van der Waals surface area (Å²) in [6, 6.07) is 2.29. The van der Waals surface area contributed by atoms with Crippen LogP contribution in [0.4, 0.5) is 8.78 Å². The van der Waals surface area contributed by atoms with Gasteiger partial charge in [-0.15, -0.1) is 0 Å². The Kier molecular flexibility index (Phi) is 5.33. The number of methoxy groups -OCH3 is 1. The zero-order chi connectivity index (χ0) is 17.2. The van der Waals surface area contributed by atoms with E-state index in [9.17, 15) is 22.0 Å². The second-order valence-electron chi connectivity index (χ2n) is 5.33. The van der Waals surface area contributed by atoms with Crippen molar-refractivity contribution in [3.05, 3.63) is 29.8 Å².